The Bertz CT molecular complexity index is 580. The number of anilines is 1. The van der Waals surface area contributed by atoms with Crippen LogP contribution in [-0.4, -0.2) is 11.0 Å². The minimum Gasteiger partial charge on any atom is -0.505 e. The quantitative estimate of drug-likeness (QED) is 0.238. The van der Waals surface area contributed by atoms with Crippen molar-refractivity contribution in [3.8, 4) is 5.75 Å². The minimum atomic E-state index is 0.000950. The van der Waals surface area contributed by atoms with E-state index in [0.717, 1.165) is 29.5 Å². The Morgan fingerprint density at radius 1 is 0.786 bits per heavy atom. The van der Waals surface area contributed by atoms with Crippen molar-refractivity contribution < 1.29 is 9.90 Å². The van der Waals surface area contributed by atoms with Gasteiger partial charge in [-0.05, 0) is 49.9 Å². The van der Waals surface area contributed by atoms with E-state index in [1.807, 2.05) is 26.8 Å². The van der Waals surface area contributed by atoms with Crippen LogP contribution in [0.5, 0.6) is 5.75 Å². The number of benzene rings is 1. The van der Waals surface area contributed by atoms with E-state index in [2.05, 4.69) is 12.2 Å². The fourth-order valence-electron chi connectivity index (χ4n) is 3.68. The molecule has 0 aliphatic heterocycles. The molecule has 0 saturated carbocycles. The topological polar surface area (TPSA) is 49.3 Å². The molecule has 0 heterocycles. The lowest BCUT2D eigenvalue weighted by molar-refractivity contribution is -0.116. The number of aromatic hydroxyl groups is 1. The molecule has 1 aromatic rings. The van der Waals surface area contributed by atoms with Gasteiger partial charge in [-0.3, -0.25) is 4.79 Å². The molecular weight excluding hydrogens is 346 g/mol. The Labute approximate surface area is 173 Å². The maximum atomic E-state index is 12.2. The summed E-state index contributed by atoms with van der Waals surface area (Å²) >= 11 is 0. The van der Waals surface area contributed by atoms with Crippen LogP contribution in [-0.2, 0) is 4.79 Å². The lowest BCUT2D eigenvalue weighted by Crippen LogP contribution is -2.12. The van der Waals surface area contributed by atoms with Crippen LogP contribution in [0.1, 0.15) is 114 Å². The molecule has 0 aliphatic rings. The highest BCUT2D eigenvalue weighted by atomic mass is 16.3. The molecule has 0 spiro atoms. The molecule has 0 radical (unpaired) electrons. The Balaban J connectivity index is 2.04. The van der Waals surface area contributed by atoms with E-state index in [0.29, 0.717) is 12.1 Å². The summed E-state index contributed by atoms with van der Waals surface area (Å²) in [7, 11) is 0. The van der Waals surface area contributed by atoms with Gasteiger partial charge in [0.2, 0.25) is 5.91 Å². The first kappa shape index (κ1) is 24.5. The largest absolute Gasteiger partial charge is 0.505 e. The second kappa shape index (κ2) is 14.5. The highest BCUT2D eigenvalue weighted by molar-refractivity contribution is 5.92. The number of carbonyl (C=O) groups is 1. The molecule has 0 saturated heterocycles. The normalized spacial score (nSPS) is 11.0. The molecule has 0 aromatic heterocycles. The predicted octanol–water partition coefficient (Wildman–Crippen LogP) is 7.74. The summed E-state index contributed by atoms with van der Waals surface area (Å²) < 4.78 is 0. The number of hydrogen-bond donors (Lipinski definition) is 2. The zero-order valence-electron chi connectivity index (χ0n) is 18.8. The van der Waals surface area contributed by atoms with Gasteiger partial charge in [-0.25, -0.2) is 0 Å². The van der Waals surface area contributed by atoms with Crippen molar-refractivity contribution in [1.82, 2.24) is 0 Å². The summed E-state index contributed by atoms with van der Waals surface area (Å²) in [6, 6.07) is 1.86. The van der Waals surface area contributed by atoms with Gasteiger partial charge in [0.1, 0.15) is 5.75 Å². The molecule has 1 amide bonds. The number of aryl methyl sites for hydroxylation is 1. The van der Waals surface area contributed by atoms with Gasteiger partial charge >= 0.3 is 0 Å². The van der Waals surface area contributed by atoms with E-state index in [1.165, 1.54) is 70.6 Å². The zero-order valence-corrected chi connectivity index (χ0v) is 18.8. The summed E-state index contributed by atoms with van der Waals surface area (Å²) in [5, 5.41) is 13.1. The zero-order chi connectivity index (χ0) is 20.8. The van der Waals surface area contributed by atoms with E-state index < -0.39 is 0 Å². The number of rotatable bonds is 15. The van der Waals surface area contributed by atoms with Crippen LogP contribution >= 0.6 is 0 Å². The lowest BCUT2D eigenvalue weighted by Gasteiger charge is -2.13. The first-order chi connectivity index (χ1) is 13.5. The third kappa shape index (κ3) is 9.61. The number of carbonyl (C=O) groups excluding carboxylic acids is 1. The lowest BCUT2D eigenvalue weighted by atomic mass is 10.0. The van der Waals surface area contributed by atoms with E-state index in [9.17, 15) is 9.90 Å². The third-order valence-corrected chi connectivity index (χ3v) is 5.91. The van der Waals surface area contributed by atoms with Gasteiger partial charge in [-0.1, -0.05) is 84.0 Å². The predicted molar refractivity (Wildman–Crippen MR) is 121 cm³/mol. The van der Waals surface area contributed by atoms with Crippen LogP contribution in [0.25, 0.3) is 0 Å². The maximum absolute atomic E-state index is 12.2. The van der Waals surface area contributed by atoms with Crippen molar-refractivity contribution in [2.75, 3.05) is 5.32 Å². The second-order valence-electron chi connectivity index (χ2n) is 8.38. The molecule has 0 bridgehead atoms. The average Bonchev–Trinajstić information content (AvgIpc) is 2.68. The van der Waals surface area contributed by atoms with E-state index >= 15 is 0 Å². The summed E-state index contributed by atoms with van der Waals surface area (Å²) in [6.45, 7) is 8.15. The number of phenols is 1. The number of hydrogen-bond acceptors (Lipinski definition) is 2. The first-order valence-electron chi connectivity index (χ1n) is 11.6. The summed E-state index contributed by atoms with van der Waals surface area (Å²) in [5.74, 6) is 0.197. The number of amides is 1. The molecule has 2 N–H and O–H groups in total. The molecule has 28 heavy (non-hydrogen) atoms. The Morgan fingerprint density at radius 3 is 1.75 bits per heavy atom. The van der Waals surface area contributed by atoms with Gasteiger partial charge in [-0.2, -0.15) is 0 Å². The molecule has 1 rings (SSSR count). The Hall–Kier alpha value is -1.51. The SMILES string of the molecule is CCCCCCCCCCCCCCCC(=O)Nc1cc(C)c(C)c(C)c1O. The highest BCUT2D eigenvalue weighted by Crippen LogP contribution is 2.32. The van der Waals surface area contributed by atoms with Gasteiger partial charge in [-0.15, -0.1) is 0 Å². The summed E-state index contributed by atoms with van der Waals surface area (Å²) in [4.78, 5) is 12.2. The molecule has 3 heteroatoms. The van der Waals surface area contributed by atoms with Gasteiger partial charge in [0.25, 0.3) is 0 Å². The van der Waals surface area contributed by atoms with Crippen LogP contribution in [0, 0.1) is 20.8 Å². The van der Waals surface area contributed by atoms with E-state index in [-0.39, 0.29) is 11.7 Å². The van der Waals surface area contributed by atoms with Crippen molar-refractivity contribution in [2.45, 2.75) is 118 Å². The average molecular weight is 390 g/mol. The molecule has 0 fully saturated rings. The molecule has 3 nitrogen and oxygen atoms in total. The summed E-state index contributed by atoms with van der Waals surface area (Å²) in [5.41, 5.74) is 3.55. The summed E-state index contributed by atoms with van der Waals surface area (Å²) in [6.07, 6.45) is 17.5. The number of nitrogens with one attached hydrogen (secondary N) is 1. The number of unbranched alkanes of at least 4 members (excludes halogenated alkanes) is 12. The first-order valence-corrected chi connectivity index (χ1v) is 11.6. The van der Waals surface area contributed by atoms with Crippen molar-refractivity contribution in [3.05, 3.63) is 22.8 Å². The van der Waals surface area contributed by atoms with Gasteiger partial charge < -0.3 is 10.4 Å². The van der Waals surface area contributed by atoms with E-state index in [1.54, 1.807) is 0 Å². The maximum Gasteiger partial charge on any atom is 0.224 e. The molecular formula is C25H43NO2. The van der Waals surface area contributed by atoms with Crippen LogP contribution < -0.4 is 5.32 Å². The monoisotopic (exact) mass is 389 g/mol. The fraction of sp³-hybridized carbons (Fsp3) is 0.720. The Morgan fingerprint density at radius 2 is 1.25 bits per heavy atom. The van der Waals surface area contributed by atoms with Gasteiger partial charge in [0.05, 0.1) is 5.69 Å². The molecule has 1 aromatic carbocycles. The van der Waals surface area contributed by atoms with Crippen LogP contribution in [0.4, 0.5) is 5.69 Å². The van der Waals surface area contributed by atoms with Crippen LogP contribution in [0.3, 0.4) is 0 Å². The molecule has 0 aliphatic carbocycles. The van der Waals surface area contributed by atoms with Crippen molar-refractivity contribution in [1.29, 1.82) is 0 Å². The van der Waals surface area contributed by atoms with Gasteiger partial charge in [0.15, 0.2) is 0 Å². The Kier molecular flexibility index (Phi) is 12.7. The number of phenolic OH excluding ortho intramolecular Hbond substituents is 1. The van der Waals surface area contributed by atoms with Crippen molar-refractivity contribution >= 4 is 11.6 Å². The van der Waals surface area contributed by atoms with Crippen LogP contribution in [0.2, 0.25) is 0 Å². The van der Waals surface area contributed by atoms with E-state index in [4.69, 9.17) is 0 Å². The highest BCUT2D eigenvalue weighted by Gasteiger charge is 2.12. The standard InChI is InChI=1S/C25H43NO2/c1-5-6-7-8-9-10-11-12-13-14-15-16-17-18-24(27)26-23-19-20(2)21(3)22(4)25(23)28/h19,28H,5-18H2,1-4H3,(H,26,27). The van der Waals surface area contributed by atoms with Crippen LogP contribution in [0.15, 0.2) is 6.07 Å². The molecule has 0 unspecified atom stereocenters. The van der Waals surface area contributed by atoms with Gasteiger partial charge in [0, 0.05) is 6.42 Å². The smallest absolute Gasteiger partial charge is 0.224 e. The second-order valence-corrected chi connectivity index (χ2v) is 8.38. The fourth-order valence-corrected chi connectivity index (χ4v) is 3.68. The molecule has 160 valence electrons. The van der Waals surface area contributed by atoms with Crippen molar-refractivity contribution in [2.24, 2.45) is 0 Å². The van der Waals surface area contributed by atoms with Crippen molar-refractivity contribution in [3.63, 3.8) is 0 Å². The molecule has 0 atom stereocenters. The minimum absolute atomic E-state index is 0.000950. The third-order valence-electron chi connectivity index (χ3n) is 5.91.